The van der Waals surface area contributed by atoms with Crippen molar-refractivity contribution in [3.05, 3.63) is 64.7 Å². The molecule has 0 aliphatic carbocycles. The molecule has 108 valence electrons. The van der Waals surface area contributed by atoms with Gasteiger partial charge in [-0.3, -0.25) is 4.79 Å². The maximum Gasteiger partial charge on any atom is 0.258 e. The highest BCUT2D eigenvalue weighted by Gasteiger charge is 2.35. The van der Waals surface area contributed by atoms with Crippen LogP contribution in [0.25, 0.3) is 0 Å². The fourth-order valence-electron chi connectivity index (χ4n) is 2.73. The summed E-state index contributed by atoms with van der Waals surface area (Å²) in [5, 5.41) is 4.10. The number of carbonyl (C=O) groups is 1. The molecule has 2 aromatic rings. The number of carbonyl (C=O) groups excluding carboxylic acids is 1. The highest BCUT2D eigenvalue weighted by Crippen LogP contribution is 2.36. The number of nitrogens with one attached hydrogen (secondary N) is 1. The molecule has 1 unspecified atom stereocenters. The maximum absolute atomic E-state index is 12.8. The minimum atomic E-state index is -0.249. The van der Waals surface area contributed by atoms with Crippen LogP contribution in [0.3, 0.4) is 0 Å². The minimum absolute atomic E-state index is 0.0317. The quantitative estimate of drug-likeness (QED) is 0.896. The zero-order valence-electron chi connectivity index (χ0n) is 12.0. The first-order valence-corrected chi connectivity index (χ1v) is 7.40. The van der Waals surface area contributed by atoms with Crippen molar-refractivity contribution in [2.75, 3.05) is 5.32 Å². The molecule has 1 amide bonds. The zero-order chi connectivity index (χ0) is 15.0. The summed E-state index contributed by atoms with van der Waals surface area (Å²) in [6.07, 6.45) is -0.249. The molecule has 0 saturated carbocycles. The zero-order valence-corrected chi connectivity index (χ0v) is 12.8. The molecule has 0 bridgehead atoms. The molecule has 1 N–H and O–H groups in total. The molecule has 1 atom stereocenters. The van der Waals surface area contributed by atoms with Crippen molar-refractivity contribution >= 4 is 23.2 Å². The van der Waals surface area contributed by atoms with Gasteiger partial charge in [0, 0.05) is 22.3 Å². The molecular weight excluding hydrogens is 284 g/mol. The summed E-state index contributed by atoms with van der Waals surface area (Å²) in [5.74, 6) is 0.0317. The van der Waals surface area contributed by atoms with Crippen molar-refractivity contribution in [1.82, 2.24) is 4.90 Å². The minimum Gasteiger partial charge on any atom is -0.361 e. The maximum atomic E-state index is 12.8. The summed E-state index contributed by atoms with van der Waals surface area (Å²) in [5.41, 5.74) is 2.47. The Labute approximate surface area is 129 Å². The number of amides is 1. The molecule has 1 aliphatic rings. The lowest BCUT2D eigenvalue weighted by molar-refractivity contribution is 0.0617. The van der Waals surface area contributed by atoms with Crippen LogP contribution in [-0.4, -0.2) is 16.8 Å². The van der Waals surface area contributed by atoms with Gasteiger partial charge in [0.1, 0.15) is 6.17 Å². The van der Waals surface area contributed by atoms with E-state index in [4.69, 9.17) is 11.6 Å². The molecule has 0 fully saturated rings. The Morgan fingerprint density at radius 1 is 1.10 bits per heavy atom. The summed E-state index contributed by atoms with van der Waals surface area (Å²) in [4.78, 5) is 14.6. The number of fused-ring (bicyclic) bond motifs is 1. The van der Waals surface area contributed by atoms with Gasteiger partial charge in [0.15, 0.2) is 0 Å². The van der Waals surface area contributed by atoms with Crippen LogP contribution < -0.4 is 5.32 Å². The predicted molar refractivity (Wildman–Crippen MR) is 85.6 cm³/mol. The first kappa shape index (κ1) is 14.0. The van der Waals surface area contributed by atoms with Crippen LogP contribution in [0.15, 0.2) is 48.5 Å². The van der Waals surface area contributed by atoms with Gasteiger partial charge in [-0.2, -0.15) is 0 Å². The fourth-order valence-corrected chi connectivity index (χ4v) is 2.96. The molecule has 3 nitrogen and oxygen atoms in total. The molecule has 0 spiro atoms. The van der Waals surface area contributed by atoms with E-state index in [0.717, 1.165) is 11.3 Å². The summed E-state index contributed by atoms with van der Waals surface area (Å²) in [6.45, 7) is 4.02. The Balaban J connectivity index is 2.12. The standard InChI is InChI=1S/C17H17ClN2O/c1-11(2)20-16(12-7-3-5-9-14(12)18)19-15-10-6-4-8-13(15)17(20)21/h3-11,16,19H,1-2H3. The van der Waals surface area contributed by atoms with Gasteiger partial charge >= 0.3 is 0 Å². The molecule has 3 rings (SSSR count). The average molecular weight is 301 g/mol. The second-order valence-corrected chi connectivity index (χ2v) is 5.83. The Kier molecular flexibility index (Phi) is 3.60. The van der Waals surface area contributed by atoms with E-state index in [9.17, 15) is 4.79 Å². The normalized spacial score (nSPS) is 17.6. The van der Waals surface area contributed by atoms with E-state index < -0.39 is 0 Å². The molecular formula is C17H17ClN2O. The van der Waals surface area contributed by atoms with Crippen molar-refractivity contribution < 1.29 is 4.79 Å². The van der Waals surface area contributed by atoms with E-state index in [2.05, 4.69) is 5.32 Å². The van der Waals surface area contributed by atoms with Crippen molar-refractivity contribution in [2.24, 2.45) is 0 Å². The van der Waals surface area contributed by atoms with Crippen LogP contribution in [-0.2, 0) is 0 Å². The lowest BCUT2D eigenvalue weighted by Gasteiger charge is -2.40. The van der Waals surface area contributed by atoms with Crippen molar-refractivity contribution in [3.63, 3.8) is 0 Å². The third-order valence-corrected chi connectivity index (χ3v) is 4.06. The Morgan fingerprint density at radius 3 is 2.48 bits per heavy atom. The summed E-state index contributed by atoms with van der Waals surface area (Å²) in [6, 6.07) is 15.3. The molecule has 1 heterocycles. The third kappa shape index (κ3) is 2.38. The number of nitrogens with zero attached hydrogens (tertiary/aromatic N) is 1. The number of hydrogen-bond donors (Lipinski definition) is 1. The lowest BCUT2D eigenvalue weighted by Crippen LogP contribution is -2.46. The van der Waals surface area contributed by atoms with Gasteiger partial charge in [-0.1, -0.05) is 41.9 Å². The van der Waals surface area contributed by atoms with Gasteiger partial charge in [-0.25, -0.2) is 0 Å². The first-order valence-electron chi connectivity index (χ1n) is 7.02. The van der Waals surface area contributed by atoms with E-state index in [0.29, 0.717) is 10.6 Å². The van der Waals surface area contributed by atoms with Gasteiger partial charge in [-0.15, -0.1) is 0 Å². The summed E-state index contributed by atoms with van der Waals surface area (Å²) >= 11 is 6.32. The number of para-hydroxylation sites is 1. The van der Waals surface area contributed by atoms with E-state index in [1.165, 1.54) is 0 Å². The highest BCUT2D eigenvalue weighted by molar-refractivity contribution is 6.31. The second kappa shape index (κ2) is 5.41. The number of halogens is 1. The summed E-state index contributed by atoms with van der Waals surface area (Å²) < 4.78 is 0. The van der Waals surface area contributed by atoms with E-state index in [-0.39, 0.29) is 18.1 Å². The van der Waals surface area contributed by atoms with Crippen LogP contribution >= 0.6 is 11.6 Å². The molecule has 4 heteroatoms. The fraction of sp³-hybridized carbons (Fsp3) is 0.235. The van der Waals surface area contributed by atoms with Crippen molar-refractivity contribution in [1.29, 1.82) is 0 Å². The van der Waals surface area contributed by atoms with Gasteiger partial charge in [-0.05, 0) is 32.0 Å². The smallest absolute Gasteiger partial charge is 0.258 e. The van der Waals surface area contributed by atoms with Crippen LogP contribution in [0, 0.1) is 0 Å². The van der Waals surface area contributed by atoms with E-state index in [1.807, 2.05) is 67.3 Å². The van der Waals surface area contributed by atoms with E-state index in [1.54, 1.807) is 0 Å². The van der Waals surface area contributed by atoms with E-state index >= 15 is 0 Å². The van der Waals surface area contributed by atoms with Gasteiger partial charge in [0.2, 0.25) is 0 Å². The Morgan fingerprint density at radius 2 is 1.76 bits per heavy atom. The Hall–Kier alpha value is -2.00. The second-order valence-electron chi connectivity index (χ2n) is 5.42. The largest absolute Gasteiger partial charge is 0.361 e. The predicted octanol–water partition coefficient (Wildman–Crippen LogP) is 4.31. The molecule has 2 aromatic carbocycles. The topological polar surface area (TPSA) is 32.3 Å². The number of anilines is 1. The molecule has 1 aliphatic heterocycles. The number of rotatable bonds is 2. The van der Waals surface area contributed by atoms with Crippen molar-refractivity contribution in [3.8, 4) is 0 Å². The molecule has 0 saturated heterocycles. The Bertz CT molecular complexity index is 684. The molecule has 0 aromatic heterocycles. The monoisotopic (exact) mass is 300 g/mol. The van der Waals surface area contributed by atoms with Crippen molar-refractivity contribution in [2.45, 2.75) is 26.1 Å². The summed E-state index contributed by atoms with van der Waals surface area (Å²) in [7, 11) is 0. The van der Waals surface area contributed by atoms with Gasteiger partial charge in [0.25, 0.3) is 5.91 Å². The van der Waals surface area contributed by atoms with Crippen LogP contribution in [0.2, 0.25) is 5.02 Å². The van der Waals surface area contributed by atoms with Gasteiger partial charge < -0.3 is 10.2 Å². The molecule has 21 heavy (non-hydrogen) atoms. The lowest BCUT2D eigenvalue weighted by atomic mass is 10.0. The number of hydrogen-bond acceptors (Lipinski definition) is 2. The molecule has 0 radical (unpaired) electrons. The third-order valence-electron chi connectivity index (χ3n) is 3.72. The highest BCUT2D eigenvalue weighted by atomic mass is 35.5. The average Bonchev–Trinajstić information content (AvgIpc) is 2.47. The van der Waals surface area contributed by atoms with Crippen LogP contribution in [0.4, 0.5) is 5.69 Å². The number of benzene rings is 2. The SMILES string of the molecule is CC(C)N1C(=O)c2ccccc2NC1c1ccccc1Cl. The van der Waals surface area contributed by atoms with Crippen LogP contribution in [0.5, 0.6) is 0 Å². The first-order chi connectivity index (χ1) is 10.1. The van der Waals surface area contributed by atoms with Crippen LogP contribution in [0.1, 0.15) is 35.9 Å². The van der Waals surface area contributed by atoms with Gasteiger partial charge in [0.05, 0.1) is 5.56 Å².